The van der Waals surface area contributed by atoms with E-state index in [1.165, 1.54) is 16.8 Å². The first-order chi connectivity index (χ1) is 20.4. The van der Waals surface area contributed by atoms with Crippen molar-refractivity contribution in [2.75, 3.05) is 6.61 Å². The van der Waals surface area contributed by atoms with Crippen molar-refractivity contribution in [3.63, 3.8) is 0 Å². The van der Waals surface area contributed by atoms with Crippen LogP contribution in [0.1, 0.15) is 105 Å². The van der Waals surface area contributed by atoms with Crippen LogP contribution in [-0.4, -0.2) is 51.0 Å². The summed E-state index contributed by atoms with van der Waals surface area (Å²) in [5.74, 6) is -0.955. The van der Waals surface area contributed by atoms with Crippen LogP contribution in [0, 0.1) is 5.92 Å². The van der Waals surface area contributed by atoms with Crippen LogP contribution in [0.25, 0.3) is 0 Å². The lowest BCUT2D eigenvalue weighted by Gasteiger charge is -2.51. The van der Waals surface area contributed by atoms with Crippen molar-refractivity contribution in [3.05, 3.63) is 68.5 Å². The molecule has 0 saturated carbocycles. The van der Waals surface area contributed by atoms with Gasteiger partial charge in [-0.2, -0.15) is 4.57 Å². The van der Waals surface area contributed by atoms with E-state index in [4.69, 9.17) is 17.7 Å². The van der Waals surface area contributed by atoms with Crippen LogP contribution in [0.4, 0.5) is 0 Å². The summed E-state index contributed by atoms with van der Waals surface area (Å²) in [6, 6.07) is 8.28. The van der Waals surface area contributed by atoms with Gasteiger partial charge in [-0.05, 0) is 45.3 Å². The van der Waals surface area contributed by atoms with Gasteiger partial charge in [0.25, 0.3) is 11.5 Å². The third-order valence-electron chi connectivity index (χ3n) is 9.47. The van der Waals surface area contributed by atoms with Gasteiger partial charge in [0.2, 0.25) is 0 Å². The lowest BCUT2D eigenvalue weighted by molar-refractivity contribution is -0.0574. The molecule has 11 heteroatoms. The van der Waals surface area contributed by atoms with Gasteiger partial charge in [-0.25, -0.2) is 4.79 Å². The fourth-order valence-corrected chi connectivity index (χ4v) is 18.1. The molecule has 0 unspecified atom stereocenters. The molecule has 0 N–H and O–H groups in total. The SMILES string of the molecule is CC(C)[Si]1(C(C)C)OC[C@H]2O[C@@H](n3ccc(=O)n(C(=O)c4ccc(C(C)(C)C)cc4)c3=O)[C@H](C)[C@@H]2O[Si](C(C)C)(C(C)C)O1. The zero-order chi connectivity index (χ0) is 32.9. The molecule has 3 heterocycles. The van der Waals surface area contributed by atoms with Gasteiger partial charge in [0.15, 0.2) is 0 Å². The van der Waals surface area contributed by atoms with Crippen molar-refractivity contribution in [3.8, 4) is 0 Å². The number of rotatable bonds is 6. The fourth-order valence-electron chi connectivity index (χ4n) is 6.77. The third-order valence-corrected chi connectivity index (χ3v) is 19.7. The third kappa shape index (κ3) is 6.03. The van der Waals surface area contributed by atoms with Crippen molar-refractivity contribution in [2.24, 2.45) is 5.92 Å². The number of benzene rings is 1. The Morgan fingerprint density at radius 1 is 0.864 bits per heavy atom. The number of hydrogen-bond donors (Lipinski definition) is 0. The Bertz CT molecular complexity index is 1440. The minimum atomic E-state index is -2.89. The van der Waals surface area contributed by atoms with Gasteiger partial charge < -0.3 is 17.7 Å². The molecule has 244 valence electrons. The molecule has 2 saturated heterocycles. The van der Waals surface area contributed by atoms with E-state index in [0.29, 0.717) is 4.57 Å². The molecule has 0 radical (unpaired) electrons. The summed E-state index contributed by atoms with van der Waals surface area (Å²) in [6.45, 7) is 25.9. The van der Waals surface area contributed by atoms with E-state index >= 15 is 0 Å². The highest BCUT2D eigenvalue weighted by atomic mass is 28.5. The maximum atomic E-state index is 13.9. The Balaban J connectivity index is 1.75. The lowest BCUT2D eigenvalue weighted by atomic mass is 9.87. The van der Waals surface area contributed by atoms with Crippen LogP contribution in [0.2, 0.25) is 22.2 Å². The molecule has 2 aliphatic heterocycles. The molecule has 2 aromatic rings. The minimum absolute atomic E-state index is 0.0999. The van der Waals surface area contributed by atoms with E-state index in [9.17, 15) is 14.4 Å². The van der Waals surface area contributed by atoms with Crippen LogP contribution >= 0.6 is 0 Å². The summed E-state index contributed by atoms with van der Waals surface area (Å²) in [6.07, 6.45) is -0.176. The van der Waals surface area contributed by atoms with Crippen molar-refractivity contribution in [2.45, 2.75) is 129 Å². The maximum absolute atomic E-state index is 13.9. The average molecular weight is 645 g/mol. The fraction of sp³-hybridized carbons (Fsp3) is 0.667. The van der Waals surface area contributed by atoms with E-state index in [1.807, 2.05) is 19.1 Å². The predicted octanol–water partition coefficient (Wildman–Crippen LogP) is 6.49. The van der Waals surface area contributed by atoms with Gasteiger partial charge in [0.1, 0.15) is 12.3 Å². The number of fused-ring (bicyclic) bond motifs is 1. The largest absolute Gasteiger partial charge is 0.414 e. The van der Waals surface area contributed by atoms with E-state index in [1.54, 1.807) is 12.1 Å². The van der Waals surface area contributed by atoms with Gasteiger partial charge in [0, 0.05) is 23.7 Å². The first-order valence-electron chi connectivity index (χ1n) is 16.0. The van der Waals surface area contributed by atoms with E-state index in [-0.39, 0.29) is 45.7 Å². The van der Waals surface area contributed by atoms with Gasteiger partial charge >= 0.3 is 22.8 Å². The first-order valence-corrected chi connectivity index (χ1v) is 20.0. The number of nitrogens with zero attached hydrogens (tertiary/aromatic N) is 2. The molecular formula is C33H52N2O7Si2. The number of carbonyl (C=O) groups excluding carboxylic acids is 1. The molecule has 9 nitrogen and oxygen atoms in total. The number of carbonyl (C=O) groups is 1. The van der Waals surface area contributed by atoms with E-state index in [0.717, 1.165) is 5.56 Å². The smallest absolute Gasteiger partial charge is 0.340 e. The topological polar surface area (TPSA) is 98.0 Å². The Kier molecular flexibility index (Phi) is 9.91. The lowest BCUT2D eigenvalue weighted by Crippen LogP contribution is -2.65. The van der Waals surface area contributed by atoms with Crippen molar-refractivity contribution < 1.29 is 22.5 Å². The normalized spacial score (nSPS) is 25.4. The molecule has 4 rings (SSSR count). The van der Waals surface area contributed by atoms with Crippen molar-refractivity contribution in [1.82, 2.24) is 9.13 Å². The number of ether oxygens (including phenoxy) is 1. The zero-order valence-electron chi connectivity index (χ0n) is 28.5. The van der Waals surface area contributed by atoms with Crippen molar-refractivity contribution >= 4 is 23.0 Å². The highest BCUT2D eigenvalue weighted by Gasteiger charge is 2.61. The second-order valence-electron chi connectivity index (χ2n) is 14.8. The van der Waals surface area contributed by atoms with Crippen LogP contribution in [-0.2, 0) is 23.1 Å². The Labute approximate surface area is 264 Å². The summed E-state index contributed by atoms with van der Waals surface area (Å²) >= 11 is 0. The van der Waals surface area contributed by atoms with Gasteiger partial charge in [-0.15, -0.1) is 0 Å². The van der Waals surface area contributed by atoms with Crippen LogP contribution < -0.4 is 11.2 Å². The summed E-state index contributed by atoms with van der Waals surface area (Å²) in [4.78, 5) is 40.3. The Morgan fingerprint density at radius 3 is 1.91 bits per heavy atom. The number of hydrogen-bond acceptors (Lipinski definition) is 7. The second-order valence-corrected chi connectivity index (χ2v) is 23.6. The highest BCUT2D eigenvalue weighted by Crippen LogP contribution is 2.49. The van der Waals surface area contributed by atoms with Crippen molar-refractivity contribution in [1.29, 1.82) is 0 Å². The Morgan fingerprint density at radius 2 is 1.41 bits per heavy atom. The van der Waals surface area contributed by atoms with E-state index < -0.39 is 52.7 Å². The van der Waals surface area contributed by atoms with Gasteiger partial charge in [0.05, 0.1) is 12.7 Å². The van der Waals surface area contributed by atoms with Gasteiger partial charge in [-0.3, -0.25) is 14.2 Å². The molecule has 1 aromatic carbocycles. The molecule has 4 atom stereocenters. The molecule has 2 aliphatic rings. The van der Waals surface area contributed by atoms with Crippen LogP contribution in [0.3, 0.4) is 0 Å². The summed E-state index contributed by atoms with van der Waals surface area (Å²) in [5.41, 5.74) is 0.459. The molecule has 0 amide bonds. The summed E-state index contributed by atoms with van der Waals surface area (Å²) in [7, 11) is -5.65. The Hall–Kier alpha value is -2.16. The quantitative estimate of drug-likeness (QED) is 0.332. The molecule has 1 aromatic heterocycles. The second kappa shape index (κ2) is 12.6. The zero-order valence-corrected chi connectivity index (χ0v) is 30.5. The monoisotopic (exact) mass is 644 g/mol. The molecule has 2 fully saturated rings. The van der Waals surface area contributed by atoms with Crippen LogP contribution in [0.5, 0.6) is 0 Å². The molecule has 0 bridgehead atoms. The molecular weight excluding hydrogens is 593 g/mol. The number of aromatic nitrogens is 2. The summed E-state index contributed by atoms with van der Waals surface area (Å²) < 4.78 is 30.0. The standard InChI is InChI=1S/C33H52N2O7Si2/c1-20(2)43(21(3)4)39-19-27-29(41-44(42-43,22(5)6)23(7)8)24(9)31(40-27)34-18-17-28(36)35(32(34)38)30(37)25-13-15-26(16-14-25)33(10,11)12/h13-18,20-24,27,29,31H,19H2,1-12H3/t24-,27-,29+,31-/m1/s1. The maximum Gasteiger partial charge on any atom is 0.340 e. The molecule has 44 heavy (non-hydrogen) atoms. The summed E-state index contributed by atoms with van der Waals surface area (Å²) in [5, 5.41) is 0. The van der Waals surface area contributed by atoms with Gasteiger partial charge in [-0.1, -0.05) is 95.2 Å². The molecule has 0 spiro atoms. The average Bonchev–Trinajstić information content (AvgIpc) is 3.21. The predicted molar refractivity (Wildman–Crippen MR) is 177 cm³/mol. The first kappa shape index (κ1) is 34.7. The van der Waals surface area contributed by atoms with Crippen LogP contribution in [0.15, 0.2) is 46.1 Å². The molecule has 0 aliphatic carbocycles. The minimum Gasteiger partial charge on any atom is -0.414 e. The van der Waals surface area contributed by atoms with E-state index in [2.05, 4.69) is 76.2 Å². The highest BCUT2D eigenvalue weighted by molar-refractivity contribution is 6.84.